The van der Waals surface area contributed by atoms with E-state index in [4.69, 9.17) is 0 Å². The summed E-state index contributed by atoms with van der Waals surface area (Å²) in [6, 6.07) is 14.9. The van der Waals surface area contributed by atoms with Crippen LogP contribution in [-0.2, 0) is 0 Å². The van der Waals surface area contributed by atoms with Gasteiger partial charge in [-0.2, -0.15) is 0 Å². The maximum Gasteiger partial charge on any atom is 0.0701 e. The Hall–Kier alpha value is -1.89. The first-order chi connectivity index (χ1) is 10.2. The monoisotopic (exact) mass is 279 g/mol. The lowest BCUT2D eigenvalue weighted by Gasteiger charge is -2.13. The molecule has 1 aromatic carbocycles. The molecule has 0 aliphatic carbocycles. The summed E-state index contributed by atoms with van der Waals surface area (Å²) in [6.45, 7) is 6.75. The molecule has 0 N–H and O–H groups in total. The number of benzene rings is 1. The van der Waals surface area contributed by atoms with E-state index >= 15 is 0 Å². The molecule has 1 nitrogen and oxygen atoms in total. The van der Waals surface area contributed by atoms with E-state index in [2.05, 4.69) is 62.2 Å². The first-order valence-electron chi connectivity index (χ1n) is 7.87. The Morgan fingerprint density at radius 2 is 1.90 bits per heavy atom. The SMILES string of the molecule is CC/C=C(/C)CCC(C)c1ccc(-c2ccccn2)cc1. The summed E-state index contributed by atoms with van der Waals surface area (Å²) in [5.41, 5.74) is 5.15. The second-order valence-corrected chi connectivity index (χ2v) is 5.74. The standard InChI is InChI=1S/C20H25N/c1-4-7-16(2)9-10-17(3)18-11-13-19(14-12-18)20-8-5-6-15-21-20/h5-8,11-15,17H,4,9-10H2,1-3H3/b16-7-. The van der Waals surface area contributed by atoms with Crippen LogP contribution in [0.15, 0.2) is 60.3 Å². The fraction of sp³-hybridized carbons (Fsp3) is 0.350. The van der Waals surface area contributed by atoms with Gasteiger partial charge in [0.1, 0.15) is 0 Å². The van der Waals surface area contributed by atoms with E-state index in [0.29, 0.717) is 5.92 Å². The zero-order valence-electron chi connectivity index (χ0n) is 13.3. The van der Waals surface area contributed by atoms with Crippen molar-refractivity contribution in [3.63, 3.8) is 0 Å². The van der Waals surface area contributed by atoms with Crippen LogP contribution in [0, 0.1) is 0 Å². The van der Waals surface area contributed by atoms with Gasteiger partial charge in [0.15, 0.2) is 0 Å². The maximum absolute atomic E-state index is 4.40. The summed E-state index contributed by atoms with van der Waals surface area (Å²) in [5.74, 6) is 0.600. The van der Waals surface area contributed by atoms with Gasteiger partial charge in [-0.05, 0) is 49.8 Å². The Morgan fingerprint density at radius 1 is 1.14 bits per heavy atom. The van der Waals surface area contributed by atoms with E-state index in [1.54, 1.807) is 0 Å². The molecule has 0 aliphatic heterocycles. The van der Waals surface area contributed by atoms with Gasteiger partial charge < -0.3 is 0 Å². The minimum atomic E-state index is 0.600. The van der Waals surface area contributed by atoms with E-state index in [1.807, 2.05) is 18.3 Å². The van der Waals surface area contributed by atoms with E-state index in [0.717, 1.165) is 12.1 Å². The molecule has 110 valence electrons. The second kappa shape index (κ2) is 7.78. The molecule has 0 radical (unpaired) electrons. The van der Waals surface area contributed by atoms with Gasteiger partial charge in [0.2, 0.25) is 0 Å². The van der Waals surface area contributed by atoms with Gasteiger partial charge in [0.25, 0.3) is 0 Å². The van der Waals surface area contributed by atoms with Gasteiger partial charge in [-0.3, -0.25) is 4.98 Å². The number of rotatable bonds is 6. The van der Waals surface area contributed by atoms with Crippen molar-refractivity contribution in [3.05, 3.63) is 65.9 Å². The minimum Gasteiger partial charge on any atom is -0.256 e. The topological polar surface area (TPSA) is 12.9 Å². The van der Waals surface area contributed by atoms with Gasteiger partial charge in [-0.25, -0.2) is 0 Å². The number of allylic oxidation sites excluding steroid dienone is 2. The molecule has 0 bridgehead atoms. The van der Waals surface area contributed by atoms with Crippen LogP contribution in [0.4, 0.5) is 0 Å². The van der Waals surface area contributed by atoms with Crippen molar-refractivity contribution in [2.24, 2.45) is 0 Å². The predicted molar refractivity (Wildman–Crippen MR) is 91.4 cm³/mol. The van der Waals surface area contributed by atoms with Crippen LogP contribution < -0.4 is 0 Å². The van der Waals surface area contributed by atoms with Crippen molar-refractivity contribution in [1.82, 2.24) is 4.98 Å². The lowest BCUT2D eigenvalue weighted by molar-refractivity contribution is 0.674. The van der Waals surface area contributed by atoms with Crippen LogP contribution >= 0.6 is 0 Å². The first-order valence-corrected chi connectivity index (χ1v) is 7.87. The summed E-state index contributed by atoms with van der Waals surface area (Å²) in [6.07, 6.45) is 7.72. The number of hydrogen-bond donors (Lipinski definition) is 0. The van der Waals surface area contributed by atoms with Crippen LogP contribution in [0.25, 0.3) is 11.3 Å². The molecular weight excluding hydrogens is 254 g/mol. The molecule has 2 rings (SSSR count). The average Bonchev–Trinajstić information content (AvgIpc) is 2.54. The Balaban J connectivity index is 2.00. The van der Waals surface area contributed by atoms with Crippen LogP contribution in [-0.4, -0.2) is 4.98 Å². The van der Waals surface area contributed by atoms with Crippen LogP contribution in [0.3, 0.4) is 0 Å². The average molecular weight is 279 g/mol. The highest BCUT2D eigenvalue weighted by atomic mass is 14.7. The molecule has 1 heteroatoms. The summed E-state index contributed by atoms with van der Waals surface area (Å²) in [7, 11) is 0. The molecule has 2 aromatic rings. The molecule has 0 amide bonds. The van der Waals surface area contributed by atoms with Gasteiger partial charge in [-0.1, -0.05) is 55.8 Å². The molecule has 0 aliphatic rings. The quantitative estimate of drug-likeness (QED) is 0.592. The first kappa shape index (κ1) is 15.5. The lowest BCUT2D eigenvalue weighted by Crippen LogP contribution is -1.94. The molecule has 1 aromatic heterocycles. The van der Waals surface area contributed by atoms with Gasteiger partial charge in [0, 0.05) is 11.8 Å². The van der Waals surface area contributed by atoms with E-state index in [1.165, 1.54) is 29.5 Å². The van der Waals surface area contributed by atoms with Crippen LogP contribution in [0.1, 0.15) is 51.5 Å². The highest BCUT2D eigenvalue weighted by Crippen LogP contribution is 2.25. The summed E-state index contributed by atoms with van der Waals surface area (Å²) >= 11 is 0. The third kappa shape index (κ3) is 4.56. The molecule has 1 atom stereocenters. The molecule has 1 unspecified atom stereocenters. The number of nitrogens with zero attached hydrogens (tertiary/aromatic N) is 1. The van der Waals surface area contributed by atoms with Gasteiger partial charge >= 0.3 is 0 Å². The highest BCUT2D eigenvalue weighted by Gasteiger charge is 2.06. The molecule has 21 heavy (non-hydrogen) atoms. The molecule has 1 heterocycles. The Bertz CT molecular complexity index is 567. The zero-order valence-corrected chi connectivity index (χ0v) is 13.3. The molecule has 0 spiro atoms. The molecule has 0 saturated heterocycles. The van der Waals surface area contributed by atoms with Crippen molar-refractivity contribution in [2.45, 2.75) is 46.0 Å². The number of hydrogen-bond acceptors (Lipinski definition) is 1. The Morgan fingerprint density at radius 3 is 2.52 bits per heavy atom. The van der Waals surface area contributed by atoms with Crippen molar-refractivity contribution < 1.29 is 0 Å². The number of aromatic nitrogens is 1. The van der Waals surface area contributed by atoms with E-state index in [9.17, 15) is 0 Å². The largest absolute Gasteiger partial charge is 0.256 e. The van der Waals surface area contributed by atoms with Gasteiger partial charge in [0.05, 0.1) is 5.69 Å². The number of pyridine rings is 1. The van der Waals surface area contributed by atoms with Crippen molar-refractivity contribution >= 4 is 0 Å². The fourth-order valence-electron chi connectivity index (χ4n) is 2.58. The normalized spacial score (nSPS) is 13.2. The minimum absolute atomic E-state index is 0.600. The molecule has 0 saturated carbocycles. The molecule has 0 fully saturated rings. The second-order valence-electron chi connectivity index (χ2n) is 5.74. The third-order valence-electron chi connectivity index (χ3n) is 3.96. The highest BCUT2D eigenvalue weighted by molar-refractivity contribution is 5.59. The third-order valence-corrected chi connectivity index (χ3v) is 3.96. The van der Waals surface area contributed by atoms with E-state index < -0.39 is 0 Å². The zero-order chi connectivity index (χ0) is 15.1. The Labute approximate surface area is 128 Å². The van der Waals surface area contributed by atoms with Gasteiger partial charge in [-0.15, -0.1) is 0 Å². The van der Waals surface area contributed by atoms with E-state index in [-0.39, 0.29) is 0 Å². The molecular formula is C20H25N. The van der Waals surface area contributed by atoms with Crippen LogP contribution in [0.5, 0.6) is 0 Å². The summed E-state index contributed by atoms with van der Waals surface area (Å²) in [4.78, 5) is 4.40. The summed E-state index contributed by atoms with van der Waals surface area (Å²) in [5, 5.41) is 0. The maximum atomic E-state index is 4.40. The van der Waals surface area contributed by atoms with Crippen molar-refractivity contribution in [3.8, 4) is 11.3 Å². The predicted octanol–water partition coefficient (Wildman–Crippen LogP) is 5.99. The Kier molecular flexibility index (Phi) is 5.74. The fourth-order valence-corrected chi connectivity index (χ4v) is 2.58. The van der Waals surface area contributed by atoms with Crippen molar-refractivity contribution in [1.29, 1.82) is 0 Å². The summed E-state index contributed by atoms with van der Waals surface area (Å²) < 4.78 is 0. The smallest absolute Gasteiger partial charge is 0.0701 e. The van der Waals surface area contributed by atoms with Crippen molar-refractivity contribution in [2.75, 3.05) is 0 Å². The lowest BCUT2D eigenvalue weighted by atomic mass is 9.93. The van der Waals surface area contributed by atoms with Crippen LogP contribution in [0.2, 0.25) is 0 Å².